The topological polar surface area (TPSA) is 17.3 Å². The lowest BCUT2D eigenvalue weighted by atomic mass is 9.91. The number of aryl methyl sites for hydroxylation is 2. The Balaban J connectivity index is 2.41. The van der Waals surface area contributed by atoms with Crippen LogP contribution in [0.3, 0.4) is 0 Å². The van der Waals surface area contributed by atoms with Crippen LogP contribution in [0.4, 0.5) is 0 Å². The van der Waals surface area contributed by atoms with E-state index in [0.29, 0.717) is 0 Å². The molecule has 0 saturated carbocycles. The highest BCUT2D eigenvalue weighted by Crippen LogP contribution is 2.38. The van der Waals surface area contributed by atoms with E-state index >= 15 is 0 Å². The molecule has 0 amide bonds. The minimum atomic E-state index is 0.258. The first kappa shape index (κ1) is 8.96. The van der Waals surface area contributed by atoms with E-state index in [0.717, 1.165) is 12.1 Å². The van der Waals surface area contributed by atoms with Crippen LogP contribution in [0.2, 0.25) is 0 Å². The summed E-state index contributed by atoms with van der Waals surface area (Å²) in [5.41, 5.74) is 5.38. The van der Waals surface area contributed by atoms with Gasteiger partial charge in [0, 0.05) is 16.8 Å². The van der Waals surface area contributed by atoms with Crippen LogP contribution in [-0.4, -0.2) is 9.38 Å². The van der Waals surface area contributed by atoms with Gasteiger partial charge in [-0.3, -0.25) is 0 Å². The van der Waals surface area contributed by atoms with Crippen LogP contribution in [0.5, 0.6) is 0 Å². The number of hydrogen-bond donors (Lipinski definition) is 0. The van der Waals surface area contributed by atoms with Crippen LogP contribution < -0.4 is 0 Å². The van der Waals surface area contributed by atoms with Gasteiger partial charge in [0.05, 0.1) is 5.69 Å². The minimum absolute atomic E-state index is 0.258. The van der Waals surface area contributed by atoms with Crippen molar-refractivity contribution in [2.75, 3.05) is 0 Å². The summed E-state index contributed by atoms with van der Waals surface area (Å²) >= 11 is 0. The first-order valence-electron chi connectivity index (χ1n) is 5.57. The highest BCUT2D eigenvalue weighted by atomic mass is 15.0. The average Bonchev–Trinajstić information content (AvgIpc) is 2.66. The molecule has 1 aliphatic carbocycles. The summed E-state index contributed by atoms with van der Waals surface area (Å²) in [6.07, 6.45) is 2.39. The zero-order valence-corrected chi connectivity index (χ0v) is 9.54. The van der Waals surface area contributed by atoms with Crippen LogP contribution in [0.25, 0.3) is 5.65 Å². The fourth-order valence-corrected chi connectivity index (χ4v) is 2.65. The molecule has 2 nitrogen and oxygen atoms in total. The summed E-state index contributed by atoms with van der Waals surface area (Å²) in [5.74, 6) is 0. The predicted molar refractivity (Wildman–Crippen MR) is 61.3 cm³/mol. The summed E-state index contributed by atoms with van der Waals surface area (Å²) in [6, 6.07) is 6.33. The Morgan fingerprint density at radius 3 is 2.93 bits per heavy atom. The SMILES string of the molecule is Cc1cccc2nc3c(n12)CCC3(C)C. The number of fused-ring (bicyclic) bond motifs is 3. The fourth-order valence-electron chi connectivity index (χ4n) is 2.65. The van der Waals surface area contributed by atoms with Crippen molar-refractivity contribution >= 4 is 5.65 Å². The summed E-state index contributed by atoms with van der Waals surface area (Å²) < 4.78 is 2.31. The van der Waals surface area contributed by atoms with Gasteiger partial charge < -0.3 is 4.40 Å². The molecule has 2 aromatic rings. The van der Waals surface area contributed by atoms with Gasteiger partial charge in [-0.1, -0.05) is 19.9 Å². The molecule has 3 rings (SSSR count). The van der Waals surface area contributed by atoms with Gasteiger partial charge in [-0.2, -0.15) is 0 Å². The smallest absolute Gasteiger partial charge is 0.137 e. The molecule has 2 aromatic heterocycles. The van der Waals surface area contributed by atoms with Crippen LogP contribution in [-0.2, 0) is 11.8 Å². The Labute approximate surface area is 90.0 Å². The second-order valence-electron chi connectivity index (χ2n) is 5.15. The van der Waals surface area contributed by atoms with E-state index in [2.05, 4.69) is 43.4 Å². The van der Waals surface area contributed by atoms with Gasteiger partial charge in [-0.25, -0.2) is 4.98 Å². The molecule has 0 fully saturated rings. The second-order valence-corrected chi connectivity index (χ2v) is 5.15. The summed E-state index contributed by atoms with van der Waals surface area (Å²) in [4.78, 5) is 4.77. The highest BCUT2D eigenvalue weighted by molar-refractivity contribution is 5.48. The molecule has 0 atom stereocenters. The van der Waals surface area contributed by atoms with Gasteiger partial charge in [0.15, 0.2) is 0 Å². The van der Waals surface area contributed by atoms with Crippen molar-refractivity contribution in [2.45, 2.75) is 39.0 Å². The van der Waals surface area contributed by atoms with E-state index in [1.165, 1.54) is 23.5 Å². The number of imidazole rings is 1. The van der Waals surface area contributed by atoms with Crippen molar-refractivity contribution in [2.24, 2.45) is 0 Å². The summed E-state index contributed by atoms with van der Waals surface area (Å²) in [6.45, 7) is 6.74. The fraction of sp³-hybridized carbons (Fsp3) is 0.462. The third kappa shape index (κ3) is 1.08. The molecule has 2 heteroatoms. The van der Waals surface area contributed by atoms with Crippen LogP contribution >= 0.6 is 0 Å². The van der Waals surface area contributed by atoms with Crippen molar-refractivity contribution in [1.82, 2.24) is 9.38 Å². The van der Waals surface area contributed by atoms with Crippen LogP contribution in [0, 0.1) is 6.92 Å². The van der Waals surface area contributed by atoms with Crippen molar-refractivity contribution in [3.63, 3.8) is 0 Å². The minimum Gasteiger partial charge on any atom is -0.301 e. The zero-order chi connectivity index (χ0) is 10.6. The Kier molecular flexibility index (Phi) is 1.57. The van der Waals surface area contributed by atoms with Gasteiger partial charge in [0.2, 0.25) is 0 Å². The molecule has 1 aliphatic rings. The van der Waals surface area contributed by atoms with Gasteiger partial charge in [-0.15, -0.1) is 0 Å². The highest BCUT2D eigenvalue weighted by Gasteiger charge is 2.34. The van der Waals surface area contributed by atoms with Crippen LogP contribution in [0.1, 0.15) is 37.4 Å². The Morgan fingerprint density at radius 1 is 1.33 bits per heavy atom. The number of aromatic nitrogens is 2. The van der Waals surface area contributed by atoms with E-state index in [-0.39, 0.29) is 5.41 Å². The molecular formula is C13H16N2. The predicted octanol–water partition coefficient (Wildman–Crippen LogP) is 2.87. The Hall–Kier alpha value is -1.31. The largest absolute Gasteiger partial charge is 0.301 e. The molecule has 0 saturated heterocycles. The molecular weight excluding hydrogens is 184 g/mol. The maximum absolute atomic E-state index is 4.77. The van der Waals surface area contributed by atoms with E-state index in [1.54, 1.807) is 0 Å². The molecule has 0 aromatic carbocycles. The van der Waals surface area contributed by atoms with E-state index < -0.39 is 0 Å². The zero-order valence-electron chi connectivity index (χ0n) is 9.54. The molecule has 0 bridgehead atoms. The van der Waals surface area contributed by atoms with Crippen molar-refractivity contribution in [3.05, 3.63) is 35.3 Å². The van der Waals surface area contributed by atoms with Gasteiger partial charge >= 0.3 is 0 Å². The molecule has 0 radical (unpaired) electrons. The maximum Gasteiger partial charge on any atom is 0.137 e. The first-order chi connectivity index (χ1) is 7.09. The van der Waals surface area contributed by atoms with E-state index in [9.17, 15) is 0 Å². The van der Waals surface area contributed by atoms with Gasteiger partial charge in [0.25, 0.3) is 0 Å². The molecule has 0 N–H and O–H groups in total. The van der Waals surface area contributed by atoms with Gasteiger partial charge in [0.1, 0.15) is 5.65 Å². The van der Waals surface area contributed by atoms with Crippen molar-refractivity contribution in [1.29, 1.82) is 0 Å². The average molecular weight is 200 g/mol. The van der Waals surface area contributed by atoms with E-state index in [4.69, 9.17) is 4.98 Å². The Bertz CT molecular complexity index is 535. The molecule has 2 heterocycles. The van der Waals surface area contributed by atoms with Gasteiger partial charge in [-0.05, 0) is 31.9 Å². The summed E-state index contributed by atoms with van der Waals surface area (Å²) in [7, 11) is 0. The monoisotopic (exact) mass is 200 g/mol. The Morgan fingerprint density at radius 2 is 2.13 bits per heavy atom. The molecule has 0 unspecified atom stereocenters. The number of nitrogens with zero attached hydrogens (tertiary/aromatic N) is 2. The molecule has 15 heavy (non-hydrogen) atoms. The van der Waals surface area contributed by atoms with E-state index in [1.807, 2.05) is 0 Å². The third-order valence-corrected chi connectivity index (χ3v) is 3.56. The summed E-state index contributed by atoms with van der Waals surface area (Å²) in [5, 5.41) is 0. The number of pyridine rings is 1. The normalized spacial score (nSPS) is 18.3. The third-order valence-electron chi connectivity index (χ3n) is 3.56. The standard InChI is InChI=1S/C13H16N2/c1-9-5-4-6-11-14-12-10(15(9)11)7-8-13(12,2)3/h4-6H,7-8H2,1-3H3. The lowest BCUT2D eigenvalue weighted by Gasteiger charge is -2.14. The lowest BCUT2D eigenvalue weighted by Crippen LogP contribution is -2.12. The number of rotatable bonds is 0. The lowest BCUT2D eigenvalue weighted by molar-refractivity contribution is 0.510. The number of hydrogen-bond acceptors (Lipinski definition) is 1. The van der Waals surface area contributed by atoms with Crippen LogP contribution in [0.15, 0.2) is 18.2 Å². The van der Waals surface area contributed by atoms with Crippen molar-refractivity contribution in [3.8, 4) is 0 Å². The molecule has 0 spiro atoms. The second kappa shape index (κ2) is 2.63. The molecule has 0 aliphatic heterocycles. The quantitative estimate of drug-likeness (QED) is 0.639. The molecule has 78 valence electrons. The maximum atomic E-state index is 4.77. The first-order valence-corrected chi connectivity index (χ1v) is 5.57. The van der Waals surface area contributed by atoms with Crippen molar-refractivity contribution < 1.29 is 0 Å².